The molecule has 0 atom stereocenters. The molecule has 0 radical (unpaired) electrons. The summed E-state index contributed by atoms with van der Waals surface area (Å²) in [6.45, 7) is 20.5. The van der Waals surface area contributed by atoms with Crippen molar-refractivity contribution in [3.8, 4) is 0 Å². The molecule has 0 bridgehead atoms. The number of halogens is 1. The molecule has 0 amide bonds. The lowest BCUT2D eigenvalue weighted by Crippen LogP contribution is -2.63. The predicted molar refractivity (Wildman–Crippen MR) is 76.3 cm³/mol. The lowest BCUT2D eigenvalue weighted by molar-refractivity contribution is 0.350. The summed E-state index contributed by atoms with van der Waals surface area (Å²) in [5.74, 6) is 0. The second kappa shape index (κ2) is 4.42. The maximum absolute atomic E-state index is 6.65. The van der Waals surface area contributed by atoms with E-state index in [9.17, 15) is 0 Å². The molecule has 0 unspecified atom stereocenters. The standard InChI is InChI=1S/C11H27BClNSi/c1-10(2,3)12(13)14(11(4,5)6)15(7,8)9/h1-9H3. The quantitative estimate of drug-likeness (QED) is 0.652. The van der Waals surface area contributed by atoms with E-state index in [1.807, 2.05) is 0 Å². The van der Waals surface area contributed by atoms with E-state index in [0.29, 0.717) is 0 Å². The van der Waals surface area contributed by atoms with Crippen LogP contribution in [0.2, 0.25) is 25.0 Å². The molecule has 0 aliphatic carbocycles. The Morgan fingerprint density at radius 1 is 0.933 bits per heavy atom. The van der Waals surface area contributed by atoms with Gasteiger partial charge in [-0.15, -0.1) is 0 Å². The number of nitrogens with zero attached hydrogens (tertiary/aromatic N) is 1. The predicted octanol–water partition coefficient (Wildman–Crippen LogP) is 4.45. The van der Waals surface area contributed by atoms with Gasteiger partial charge in [-0.05, 0) is 31.6 Å². The molecule has 0 rings (SSSR count). The molecule has 0 saturated carbocycles. The van der Waals surface area contributed by atoms with Gasteiger partial charge in [0.1, 0.15) is 8.24 Å². The van der Waals surface area contributed by atoms with Crippen molar-refractivity contribution in [2.24, 2.45) is 0 Å². The monoisotopic (exact) mass is 247 g/mol. The van der Waals surface area contributed by atoms with E-state index >= 15 is 0 Å². The van der Waals surface area contributed by atoms with Crippen LogP contribution in [0.5, 0.6) is 0 Å². The molecule has 0 N–H and O–H groups in total. The van der Waals surface area contributed by atoms with Crippen LogP contribution in [-0.4, -0.2) is 24.5 Å². The van der Waals surface area contributed by atoms with Gasteiger partial charge in [0.05, 0.1) is 0 Å². The number of hydrogen-bond donors (Lipinski definition) is 0. The van der Waals surface area contributed by atoms with Gasteiger partial charge in [0.2, 0.25) is 0 Å². The van der Waals surface area contributed by atoms with Crippen molar-refractivity contribution >= 4 is 26.0 Å². The highest BCUT2D eigenvalue weighted by molar-refractivity contribution is 7.11. The van der Waals surface area contributed by atoms with E-state index < -0.39 is 8.24 Å². The first kappa shape index (κ1) is 15.5. The molecular weight excluding hydrogens is 220 g/mol. The summed E-state index contributed by atoms with van der Waals surface area (Å²) in [6.07, 6.45) is 0.101. The van der Waals surface area contributed by atoms with Crippen molar-refractivity contribution in [1.29, 1.82) is 0 Å². The highest BCUT2D eigenvalue weighted by atomic mass is 35.5. The van der Waals surface area contributed by atoms with Crippen molar-refractivity contribution in [3.05, 3.63) is 0 Å². The van der Waals surface area contributed by atoms with E-state index in [4.69, 9.17) is 11.5 Å². The van der Waals surface area contributed by atoms with Gasteiger partial charge in [-0.1, -0.05) is 40.4 Å². The van der Waals surface area contributed by atoms with Crippen molar-refractivity contribution in [2.45, 2.75) is 72.0 Å². The Bertz CT molecular complexity index is 198. The number of hydrogen-bond acceptors (Lipinski definition) is 1. The summed E-state index contributed by atoms with van der Waals surface area (Å²) in [7, 11) is -1.39. The minimum atomic E-state index is -1.39. The van der Waals surface area contributed by atoms with Crippen LogP contribution in [0.3, 0.4) is 0 Å². The first-order chi connectivity index (χ1) is 6.28. The van der Waals surface area contributed by atoms with Gasteiger partial charge in [0, 0.05) is 0 Å². The van der Waals surface area contributed by atoms with E-state index in [0.717, 1.165) is 0 Å². The summed E-state index contributed by atoms with van der Waals surface area (Å²) < 4.78 is 2.53. The summed E-state index contributed by atoms with van der Waals surface area (Å²) in [6, 6.07) is 0. The van der Waals surface area contributed by atoms with E-state index in [-0.39, 0.29) is 17.1 Å². The van der Waals surface area contributed by atoms with Gasteiger partial charge in [-0.2, -0.15) is 11.5 Å². The van der Waals surface area contributed by atoms with Crippen molar-refractivity contribution < 1.29 is 0 Å². The Labute approximate surface area is 103 Å². The molecule has 0 aliphatic heterocycles. The Kier molecular flexibility index (Phi) is 4.58. The van der Waals surface area contributed by atoms with Crippen LogP contribution < -0.4 is 0 Å². The lowest BCUT2D eigenvalue weighted by Gasteiger charge is -2.49. The molecule has 0 heterocycles. The molecule has 90 valence electrons. The molecule has 15 heavy (non-hydrogen) atoms. The summed E-state index contributed by atoms with van der Waals surface area (Å²) in [5.41, 5.74) is 0.143. The van der Waals surface area contributed by atoms with Crippen LogP contribution in [-0.2, 0) is 0 Å². The van der Waals surface area contributed by atoms with Gasteiger partial charge >= 0.3 is 6.26 Å². The molecule has 1 nitrogen and oxygen atoms in total. The Morgan fingerprint density at radius 3 is 1.33 bits per heavy atom. The molecule has 0 aromatic carbocycles. The highest BCUT2D eigenvalue weighted by Gasteiger charge is 2.44. The van der Waals surface area contributed by atoms with Gasteiger partial charge in [0.25, 0.3) is 0 Å². The van der Waals surface area contributed by atoms with Crippen LogP contribution in [0.25, 0.3) is 0 Å². The third-order valence-corrected chi connectivity index (χ3v) is 5.77. The number of rotatable bonds is 2. The summed E-state index contributed by atoms with van der Waals surface area (Å²) in [5, 5.41) is 0.120. The molecule has 0 saturated heterocycles. The van der Waals surface area contributed by atoms with Gasteiger partial charge in [0.15, 0.2) is 0 Å². The second-order valence-electron chi connectivity index (χ2n) is 7.41. The van der Waals surface area contributed by atoms with Crippen molar-refractivity contribution in [2.75, 3.05) is 0 Å². The summed E-state index contributed by atoms with van der Waals surface area (Å²) >= 11 is 6.65. The largest absolute Gasteiger partial charge is 0.346 e. The minimum Gasteiger partial charge on any atom is -0.346 e. The normalized spacial score (nSPS) is 14.6. The van der Waals surface area contributed by atoms with Crippen molar-refractivity contribution in [1.82, 2.24) is 4.48 Å². The van der Waals surface area contributed by atoms with Crippen molar-refractivity contribution in [3.63, 3.8) is 0 Å². The maximum atomic E-state index is 6.65. The zero-order valence-corrected chi connectivity index (χ0v) is 13.7. The fourth-order valence-electron chi connectivity index (χ4n) is 2.07. The fourth-order valence-corrected chi connectivity index (χ4v) is 6.32. The molecule has 4 heteroatoms. The van der Waals surface area contributed by atoms with Crippen LogP contribution >= 0.6 is 11.5 Å². The van der Waals surface area contributed by atoms with Crippen LogP contribution in [0.15, 0.2) is 0 Å². The molecule has 0 aromatic heterocycles. The molecule has 0 aromatic rings. The topological polar surface area (TPSA) is 3.24 Å². The maximum Gasteiger partial charge on any atom is 0.330 e. The smallest absolute Gasteiger partial charge is 0.330 e. The SMILES string of the molecule is CC(C)(C)B(Cl)N(C(C)(C)C)[Si](C)(C)C. The van der Waals surface area contributed by atoms with Crippen LogP contribution in [0, 0.1) is 0 Å². The lowest BCUT2D eigenvalue weighted by atomic mass is 9.61. The van der Waals surface area contributed by atoms with Gasteiger partial charge in [-0.25, -0.2) is 0 Å². The second-order valence-corrected chi connectivity index (χ2v) is 12.7. The average Bonchev–Trinajstić information content (AvgIpc) is 1.76. The first-order valence-corrected chi connectivity index (χ1v) is 9.60. The van der Waals surface area contributed by atoms with Crippen LogP contribution in [0.4, 0.5) is 0 Å². The molecule has 0 fully saturated rings. The Hall–Kier alpha value is 0.532. The van der Waals surface area contributed by atoms with E-state index in [1.165, 1.54) is 0 Å². The van der Waals surface area contributed by atoms with Gasteiger partial charge < -0.3 is 4.48 Å². The molecule has 0 spiro atoms. The Balaban J connectivity index is 5.16. The third kappa shape index (κ3) is 4.50. The third-order valence-electron chi connectivity index (χ3n) is 2.39. The zero-order valence-electron chi connectivity index (χ0n) is 11.9. The average molecular weight is 248 g/mol. The van der Waals surface area contributed by atoms with E-state index in [1.54, 1.807) is 0 Å². The van der Waals surface area contributed by atoms with Crippen LogP contribution in [0.1, 0.15) is 41.5 Å². The highest BCUT2D eigenvalue weighted by Crippen LogP contribution is 2.37. The van der Waals surface area contributed by atoms with Gasteiger partial charge in [-0.3, -0.25) is 0 Å². The molecule has 0 aliphatic rings. The Morgan fingerprint density at radius 2 is 1.27 bits per heavy atom. The summed E-state index contributed by atoms with van der Waals surface area (Å²) in [4.78, 5) is 0. The first-order valence-electron chi connectivity index (χ1n) is 5.71. The minimum absolute atomic E-state index is 0.101. The zero-order chi connectivity index (χ0) is 12.7. The molecular formula is C11H27BClNSi. The fraction of sp³-hybridized carbons (Fsp3) is 1.00. The van der Waals surface area contributed by atoms with E-state index in [2.05, 4.69) is 65.7 Å².